The molecule has 0 aliphatic carbocycles. The van der Waals surface area contributed by atoms with E-state index in [0.29, 0.717) is 49.6 Å². The average Bonchev–Trinajstić information content (AvgIpc) is 3.45. The molecule has 3 amide bonds. The van der Waals surface area contributed by atoms with Crippen LogP contribution in [0.2, 0.25) is 5.02 Å². The lowest BCUT2D eigenvalue weighted by Gasteiger charge is -2.38. The lowest BCUT2D eigenvalue weighted by molar-refractivity contribution is -0.133. The number of nitrogens with one attached hydrogen (secondary N) is 1. The van der Waals surface area contributed by atoms with Crippen molar-refractivity contribution in [3.63, 3.8) is 0 Å². The molecule has 6 rings (SSSR count). The van der Waals surface area contributed by atoms with Gasteiger partial charge in [-0.2, -0.15) is 0 Å². The first-order valence-electron chi connectivity index (χ1n) is 14.9. The number of likely N-dealkylation sites (tertiary alicyclic amines) is 1. The highest BCUT2D eigenvalue weighted by Crippen LogP contribution is 2.26. The fourth-order valence-corrected chi connectivity index (χ4v) is 6.43. The Morgan fingerprint density at radius 3 is 2.42 bits per heavy atom. The fraction of sp³-hybridized carbons (Fsp3) is 0.294. The van der Waals surface area contributed by atoms with Gasteiger partial charge < -0.3 is 24.4 Å². The molecule has 2 saturated heterocycles. The number of piperazine rings is 1. The van der Waals surface area contributed by atoms with E-state index in [9.17, 15) is 19.2 Å². The lowest BCUT2D eigenvalue weighted by atomic mass is 10.0. The van der Waals surface area contributed by atoms with Crippen LogP contribution in [0.25, 0.3) is 11.0 Å². The van der Waals surface area contributed by atoms with E-state index >= 15 is 0 Å². The Balaban J connectivity index is 1.18. The van der Waals surface area contributed by atoms with E-state index in [4.69, 9.17) is 16.0 Å². The number of hydrogen-bond acceptors (Lipinski definition) is 6. The Labute approximate surface area is 273 Å². The van der Waals surface area contributed by atoms with Gasteiger partial charge in [-0.3, -0.25) is 19.2 Å². The van der Waals surface area contributed by atoms with Crippen molar-refractivity contribution in [2.24, 2.45) is 0 Å². The Morgan fingerprint density at radius 2 is 1.69 bits per heavy atom. The Morgan fingerprint density at radius 1 is 0.933 bits per heavy atom. The van der Waals surface area contributed by atoms with Crippen LogP contribution in [0, 0.1) is 0 Å². The molecule has 9 nitrogen and oxygen atoms in total. The van der Waals surface area contributed by atoms with Gasteiger partial charge in [-0.05, 0) is 53.9 Å². The van der Waals surface area contributed by atoms with E-state index in [-0.39, 0.29) is 35.0 Å². The van der Waals surface area contributed by atoms with Gasteiger partial charge in [0, 0.05) is 73.4 Å². The largest absolute Gasteiger partial charge is 0.451 e. The maximum absolute atomic E-state index is 14.0. The highest BCUT2D eigenvalue weighted by Gasteiger charge is 2.31. The fourth-order valence-electron chi connectivity index (χ4n) is 5.94. The van der Waals surface area contributed by atoms with Crippen molar-refractivity contribution in [1.29, 1.82) is 0 Å². The standard InChI is InChI=1S/C34H32BrClN4O5/c35-24-9-12-30-26(19-24)29(41)20-31(45-30)33(43)37-27(18-22-7-10-25(36)11-8-22)34(44)39-16-14-38(15-17-39)28-5-2-1-4-23(28)21-40-13-3-6-32(40)42/h1-2,4-5,7-12,19-20,27H,3,6,13-18,21H2,(H,37,43)/t27-/m0/s1. The van der Waals surface area contributed by atoms with Gasteiger partial charge >= 0.3 is 0 Å². The minimum atomic E-state index is -0.899. The number of anilines is 1. The van der Waals surface area contributed by atoms with Gasteiger partial charge in [-0.15, -0.1) is 0 Å². The van der Waals surface area contributed by atoms with Crippen molar-refractivity contribution in [3.8, 4) is 0 Å². The quantitative estimate of drug-likeness (QED) is 0.279. The molecule has 0 saturated carbocycles. The molecular formula is C34H32BrClN4O5. The van der Waals surface area contributed by atoms with E-state index in [0.717, 1.165) is 40.3 Å². The Bertz CT molecular complexity index is 1800. The smallest absolute Gasteiger partial charge is 0.287 e. The number of para-hydroxylation sites is 1. The van der Waals surface area contributed by atoms with Crippen molar-refractivity contribution in [1.82, 2.24) is 15.1 Å². The van der Waals surface area contributed by atoms with Crippen molar-refractivity contribution in [2.45, 2.75) is 31.8 Å². The van der Waals surface area contributed by atoms with Crippen molar-refractivity contribution >= 4 is 61.9 Å². The van der Waals surface area contributed by atoms with Crippen molar-refractivity contribution in [2.75, 3.05) is 37.6 Å². The van der Waals surface area contributed by atoms with Gasteiger partial charge in [0.25, 0.3) is 5.91 Å². The minimum Gasteiger partial charge on any atom is -0.451 e. The van der Waals surface area contributed by atoms with Crippen LogP contribution in [0.4, 0.5) is 5.69 Å². The molecule has 1 N–H and O–H groups in total. The number of fused-ring (bicyclic) bond motifs is 1. The summed E-state index contributed by atoms with van der Waals surface area (Å²) in [5.41, 5.74) is 2.90. The molecule has 1 atom stereocenters. The van der Waals surface area contributed by atoms with E-state index < -0.39 is 11.9 Å². The van der Waals surface area contributed by atoms with E-state index in [2.05, 4.69) is 38.3 Å². The monoisotopic (exact) mass is 690 g/mol. The SMILES string of the molecule is O=C(N[C@@H](Cc1ccc(Cl)cc1)C(=O)N1CCN(c2ccccc2CN2CCCC2=O)CC1)c1cc(=O)c2cc(Br)ccc2o1. The summed E-state index contributed by atoms with van der Waals surface area (Å²) >= 11 is 9.43. The average molecular weight is 692 g/mol. The number of benzene rings is 3. The molecule has 0 spiro atoms. The highest BCUT2D eigenvalue weighted by atomic mass is 79.9. The van der Waals surface area contributed by atoms with E-state index in [1.807, 2.05) is 29.2 Å². The summed E-state index contributed by atoms with van der Waals surface area (Å²) in [4.78, 5) is 58.3. The van der Waals surface area contributed by atoms with Gasteiger partial charge in [0.2, 0.25) is 11.8 Å². The van der Waals surface area contributed by atoms with E-state index in [1.54, 1.807) is 35.2 Å². The molecule has 0 unspecified atom stereocenters. The molecule has 45 heavy (non-hydrogen) atoms. The van der Waals surface area contributed by atoms with Gasteiger partial charge in [-0.25, -0.2) is 0 Å². The van der Waals surface area contributed by atoms with Gasteiger partial charge in [0.15, 0.2) is 11.2 Å². The predicted molar refractivity (Wildman–Crippen MR) is 176 cm³/mol. The number of nitrogens with zero attached hydrogens (tertiary/aromatic N) is 3. The summed E-state index contributed by atoms with van der Waals surface area (Å²) in [7, 11) is 0. The molecule has 3 aromatic carbocycles. The summed E-state index contributed by atoms with van der Waals surface area (Å²) in [5.74, 6) is -0.846. The normalized spacial score (nSPS) is 15.9. The van der Waals surface area contributed by atoms with Crippen LogP contribution in [0.3, 0.4) is 0 Å². The second-order valence-corrected chi connectivity index (χ2v) is 12.7. The second-order valence-electron chi connectivity index (χ2n) is 11.3. The van der Waals surface area contributed by atoms with Crippen LogP contribution in [-0.2, 0) is 22.6 Å². The molecule has 0 bridgehead atoms. The van der Waals surface area contributed by atoms with E-state index in [1.165, 1.54) is 0 Å². The second kappa shape index (κ2) is 13.5. The summed E-state index contributed by atoms with van der Waals surface area (Å²) in [6, 6.07) is 20.5. The summed E-state index contributed by atoms with van der Waals surface area (Å²) in [5, 5.41) is 3.76. The first kappa shape index (κ1) is 30.9. The third-order valence-electron chi connectivity index (χ3n) is 8.33. The maximum atomic E-state index is 14.0. The van der Waals surface area contributed by atoms with Crippen molar-refractivity contribution in [3.05, 3.63) is 109 Å². The van der Waals surface area contributed by atoms with Crippen LogP contribution in [0.15, 0.2) is 86.5 Å². The van der Waals surface area contributed by atoms with Crippen LogP contribution < -0.4 is 15.6 Å². The molecule has 1 aromatic heterocycles. The first-order valence-corrected chi connectivity index (χ1v) is 16.1. The highest BCUT2D eigenvalue weighted by molar-refractivity contribution is 9.10. The lowest BCUT2D eigenvalue weighted by Crippen LogP contribution is -2.55. The van der Waals surface area contributed by atoms with Crippen molar-refractivity contribution < 1.29 is 18.8 Å². The zero-order chi connectivity index (χ0) is 31.5. The summed E-state index contributed by atoms with van der Waals surface area (Å²) < 4.78 is 6.49. The molecule has 11 heteroatoms. The third kappa shape index (κ3) is 7.07. The molecular weight excluding hydrogens is 660 g/mol. The zero-order valence-corrected chi connectivity index (χ0v) is 26.9. The summed E-state index contributed by atoms with van der Waals surface area (Å²) in [6.45, 7) is 3.48. The molecule has 2 aliphatic rings. The number of halogens is 2. The number of hydrogen-bond donors (Lipinski definition) is 1. The van der Waals surface area contributed by atoms with Gasteiger partial charge in [0.05, 0.1) is 5.39 Å². The number of carbonyl (C=O) groups is 3. The molecule has 3 heterocycles. The number of amides is 3. The molecule has 2 aliphatic heterocycles. The van der Waals surface area contributed by atoms with Crippen LogP contribution >= 0.6 is 27.5 Å². The van der Waals surface area contributed by atoms with Crippen LogP contribution in [-0.4, -0.2) is 66.3 Å². The van der Waals surface area contributed by atoms with Gasteiger partial charge in [0.1, 0.15) is 11.6 Å². The summed E-state index contributed by atoms with van der Waals surface area (Å²) in [6.07, 6.45) is 1.72. The molecule has 2 fully saturated rings. The van der Waals surface area contributed by atoms with Gasteiger partial charge in [-0.1, -0.05) is 57.9 Å². The van der Waals surface area contributed by atoms with Crippen LogP contribution in [0.5, 0.6) is 0 Å². The maximum Gasteiger partial charge on any atom is 0.287 e. The van der Waals surface area contributed by atoms with Crippen LogP contribution in [0.1, 0.15) is 34.5 Å². The number of rotatable bonds is 8. The topological polar surface area (TPSA) is 103 Å². The zero-order valence-electron chi connectivity index (χ0n) is 24.5. The minimum absolute atomic E-state index is 0.165. The first-order chi connectivity index (χ1) is 21.7. The Kier molecular flexibility index (Phi) is 9.23. The Hall–Kier alpha value is -4.15. The third-order valence-corrected chi connectivity index (χ3v) is 9.07. The molecule has 232 valence electrons. The molecule has 4 aromatic rings. The number of carbonyl (C=O) groups excluding carboxylic acids is 3. The molecule has 0 radical (unpaired) electrons. The predicted octanol–water partition coefficient (Wildman–Crippen LogP) is 5.02.